The van der Waals surface area contributed by atoms with E-state index in [4.69, 9.17) is 0 Å². The van der Waals surface area contributed by atoms with Crippen molar-refractivity contribution in [2.24, 2.45) is 5.92 Å². The molecule has 2 aromatic carbocycles. The van der Waals surface area contributed by atoms with Gasteiger partial charge in [-0.3, -0.25) is 9.69 Å². The summed E-state index contributed by atoms with van der Waals surface area (Å²) in [6.07, 6.45) is 2.96. The number of rotatable bonds is 7. The van der Waals surface area contributed by atoms with Crippen LogP contribution in [0.25, 0.3) is 0 Å². The molecule has 0 aromatic heterocycles. The summed E-state index contributed by atoms with van der Waals surface area (Å²) in [5.41, 5.74) is 4.04. The highest BCUT2D eigenvalue weighted by molar-refractivity contribution is 5.79. The van der Waals surface area contributed by atoms with Crippen LogP contribution in [0.1, 0.15) is 56.2 Å². The van der Waals surface area contributed by atoms with Gasteiger partial charge in [0.05, 0.1) is 5.92 Å². The number of hydrogen-bond acceptors (Lipinski definition) is 2. The first kappa shape index (κ1) is 20.6. The summed E-state index contributed by atoms with van der Waals surface area (Å²) in [6, 6.07) is 19.8. The smallest absolute Gasteiger partial charge is 0.224 e. The van der Waals surface area contributed by atoms with Gasteiger partial charge >= 0.3 is 0 Å². The summed E-state index contributed by atoms with van der Waals surface area (Å²) >= 11 is 0. The number of nitrogens with one attached hydrogen (secondary N) is 1. The van der Waals surface area contributed by atoms with Crippen molar-refractivity contribution in [3.63, 3.8) is 0 Å². The molecule has 1 fully saturated rings. The maximum Gasteiger partial charge on any atom is 0.224 e. The van der Waals surface area contributed by atoms with Crippen LogP contribution in [0, 0.1) is 5.92 Å². The summed E-state index contributed by atoms with van der Waals surface area (Å²) in [7, 11) is 0. The van der Waals surface area contributed by atoms with Crippen molar-refractivity contribution in [3.05, 3.63) is 71.3 Å². The standard InChI is InChI=1S/C25H34N2O/c1-4-19(3)26-25(28)24-15-23(22-13-11-20(5-2)12-14-22)17-27(18-24)16-21-9-7-6-8-10-21/h6-14,19,23-24H,4-5,15-18H2,1-3H3,(H,26,28)/t19-,23+,24-/m0/s1. The van der Waals surface area contributed by atoms with Gasteiger partial charge in [-0.15, -0.1) is 0 Å². The highest BCUT2D eigenvalue weighted by Gasteiger charge is 2.32. The number of aryl methyl sites for hydroxylation is 1. The first-order valence-electron chi connectivity index (χ1n) is 10.7. The van der Waals surface area contributed by atoms with Gasteiger partial charge in [0.15, 0.2) is 0 Å². The summed E-state index contributed by atoms with van der Waals surface area (Å²) in [5, 5.41) is 3.21. The van der Waals surface area contributed by atoms with Crippen LogP contribution in [-0.2, 0) is 17.8 Å². The van der Waals surface area contributed by atoms with E-state index in [1.54, 1.807) is 0 Å². The van der Waals surface area contributed by atoms with E-state index in [-0.39, 0.29) is 17.9 Å². The van der Waals surface area contributed by atoms with Crippen molar-refractivity contribution in [3.8, 4) is 0 Å². The van der Waals surface area contributed by atoms with Crippen molar-refractivity contribution in [2.45, 2.75) is 58.5 Å². The topological polar surface area (TPSA) is 32.3 Å². The van der Waals surface area contributed by atoms with Gasteiger partial charge in [-0.05, 0) is 48.8 Å². The maximum absolute atomic E-state index is 12.9. The SMILES string of the molecule is CCc1ccc([C@@H]2C[C@H](C(=O)N[C@@H](C)CC)CN(Cc3ccccc3)C2)cc1. The molecule has 150 valence electrons. The van der Waals surface area contributed by atoms with Crippen LogP contribution in [0.15, 0.2) is 54.6 Å². The second-order valence-electron chi connectivity index (χ2n) is 8.22. The summed E-state index contributed by atoms with van der Waals surface area (Å²) in [4.78, 5) is 15.4. The summed E-state index contributed by atoms with van der Waals surface area (Å²) < 4.78 is 0. The molecule has 0 saturated carbocycles. The Labute approximate surface area is 170 Å². The number of amides is 1. The molecule has 3 heteroatoms. The van der Waals surface area contributed by atoms with Crippen LogP contribution in [0.2, 0.25) is 0 Å². The molecular formula is C25H34N2O. The largest absolute Gasteiger partial charge is 0.353 e. The van der Waals surface area contributed by atoms with E-state index in [0.29, 0.717) is 5.92 Å². The average molecular weight is 379 g/mol. The fourth-order valence-electron chi connectivity index (χ4n) is 4.08. The van der Waals surface area contributed by atoms with Crippen molar-refractivity contribution in [1.82, 2.24) is 10.2 Å². The minimum Gasteiger partial charge on any atom is -0.353 e. The van der Waals surface area contributed by atoms with Crippen LogP contribution in [0.4, 0.5) is 0 Å². The van der Waals surface area contributed by atoms with Gasteiger partial charge in [-0.2, -0.15) is 0 Å². The summed E-state index contributed by atoms with van der Waals surface area (Å²) in [6.45, 7) is 9.13. The maximum atomic E-state index is 12.9. The van der Waals surface area contributed by atoms with Gasteiger partial charge in [-0.1, -0.05) is 68.4 Å². The van der Waals surface area contributed by atoms with Gasteiger partial charge < -0.3 is 5.32 Å². The second kappa shape index (κ2) is 9.88. The number of piperidine rings is 1. The molecule has 1 N–H and O–H groups in total. The lowest BCUT2D eigenvalue weighted by molar-refractivity contribution is -0.127. The van der Waals surface area contributed by atoms with Crippen LogP contribution >= 0.6 is 0 Å². The fourth-order valence-corrected chi connectivity index (χ4v) is 4.08. The molecule has 28 heavy (non-hydrogen) atoms. The molecule has 3 atom stereocenters. The monoisotopic (exact) mass is 378 g/mol. The highest BCUT2D eigenvalue weighted by atomic mass is 16.2. The van der Waals surface area contributed by atoms with Crippen LogP contribution in [-0.4, -0.2) is 29.9 Å². The zero-order valence-electron chi connectivity index (χ0n) is 17.5. The lowest BCUT2D eigenvalue weighted by Gasteiger charge is -2.38. The van der Waals surface area contributed by atoms with E-state index < -0.39 is 0 Å². The molecule has 0 unspecified atom stereocenters. The molecule has 1 aliphatic rings. The van der Waals surface area contributed by atoms with E-state index in [1.165, 1.54) is 16.7 Å². The molecular weight excluding hydrogens is 344 g/mol. The van der Waals surface area contributed by atoms with Crippen LogP contribution < -0.4 is 5.32 Å². The third kappa shape index (κ3) is 5.45. The number of hydrogen-bond donors (Lipinski definition) is 1. The van der Waals surface area contributed by atoms with Gasteiger partial charge in [0.2, 0.25) is 5.91 Å². The van der Waals surface area contributed by atoms with E-state index in [9.17, 15) is 4.79 Å². The van der Waals surface area contributed by atoms with Crippen molar-refractivity contribution >= 4 is 5.91 Å². The normalized spacial score (nSPS) is 21.2. The molecule has 2 aromatic rings. The third-order valence-electron chi connectivity index (χ3n) is 6.01. The lowest BCUT2D eigenvalue weighted by atomic mass is 9.83. The Morgan fingerprint density at radius 2 is 1.75 bits per heavy atom. The molecule has 1 amide bonds. The molecule has 1 heterocycles. The average Bonchev–Trinajstić information content (AvgIpc) is 2.74. The number of likely N-dealkylation sites (tertiary alicyclic amines) is 1. The van der Waals surface area contributed by atoms with E-state index in [2.05, 4.69) is 85.6 Å². The van der Waals surface area contributed by atoms with E-state index in [1.807, 2.05) is 0 Å². The molecule has 0 aliphatic carbocycles. The van der Waals surface area contributed by atoms with Crippen molar-refractivity contribution in [1.29, 1.82) is 0 Å². The quantitative estimate of drug-likeness (QED) is 0.753. The predicted octanol–water partition coefficient (Wildman–Crippen LogP) is 4.77. The van der Waals surface area contributed by atoms with Crippen LogP contribution in [0.3, 0.4) is 0 Å². The van der Waals surface area contributed by atoms with E-state index >= 15 is 0 Å². The number of carbonyl (C=O) groups is 1. The Morgan fingerprint density at radius 3 is 2.39 bits per heavy atom. The first-order valence-corrected chi connectivity index (χ1v) is 10.7. The Hall–Kier alpha value is -2.13. The fraction of sp³-hybridized carbons (Fsp3) is 0.480. The Bertz CT molecular complexity index is 741. The molecule has 0 bridgehead atoms. The predicted molar refractivity (Wildman–Crippen MR) is 116 cm³/mol. The highest BCUT2D eigenvalue weighted by Crippen LogP contribution is 2.31. The Morgan fingerprint density at radius 1 is 1.04 bits per heavy atom. The van der Waals surface area contributed by atoms with Gasteiger partial charge in [-0.25, -0.2) is 0 Å². The number of carbonyl (C=O) groups excluding carboxylic acids is 1. The Kier molecular flexibility index (Phi) is 7.27. The van der Waals surface area contributed by atoms with Crippen LogP contribution in [0.5, 0.6) is 0 Å². The van der Waals surface area contributed by atoms with Gasteiger partial charge in [0.25, 0.3) is 0 Å². The third-order valence-corrected chi connectivity index (χ3v) is 6.01. The van der Waals surface area contributed by atoms with Crippen molar-refractivity contribution < 1.29 is 4.79 Å². The molecule has 3 rings (SSSR count). The minimum absolute atomic E-state index is 0.0438. The first-order chi connectivity index (χ1) is 13.6. The van der Waals surface area contributed by atoms with Crippen molar-refractivity contribution in [2.75, 3.05) is 13.1 Å². The summed E-state index contributed by atoms with van der Waals surface area (Å²) in [5.74, 6) is 0.653. The van der Waals surface area contributed by atoms with E-state index in [0.717, 1.165) is 38.9 Å². The van der Waals surface area contributed by atoms with Gasteiger partial charge in [0, 0.05) is 25.7 Å². The molecule has 1 aliphatic heterocycles. The molecule has 0 spiro atoms. The zero-order chi connectivity index (χ0) is 19.9. The molecule has 1 saturated heterocycles. The molecule has 3 nitrogen and oxygen atoms in total. The number of nitrogens with zero attached hydrogens (tertiary/aromatic N) is 1. The number of benzene rings is 2. The lowest BCUT2D eigenvalue weighted by Crippen LogP contribution is -2.47. The van der Waals surface area contributed by atoms with Gasteiger partial charge in [0.1, 0.15) is 0 Å². The zero-order valence-corrected chi connectivity index (χ0v) is 17.5. The second-order valence-corrected chi connectivity index (χ2v) is 8.22. The minimum atomic E-state index is 0.0438. The molecule has 0 radical (unpaired) electrons. The Balaban J connectivity index is 1.77.